The van der Waals surface area contributed by atoms with Crippen LogP contribution >= 0.6 is 35.0 Å². The van der Waals surface area contributed by atoms with Gasteiger partial charge in [0.1, 0.15) is 6.04 Å². The van der Waals surface area contributed by atoms with Gasteiger partial charge in [-0.15, -0.1) is 11.8 Å². The Morgan fingerprint density at radius 1 is 0.889 bits per heavy atom. The number of nitrogens with zero attached hydrogens (tertiary/aromatic N) is 1. The Hall–Kier alpha value is -2.47. The Morgan fingerprint density at radius 2 is 1.47 bits per heavy atom. The number of rotatable bonds is 12. The maximum absolute atomic E-state index is 13.7. The number of carbonyl (C=O) groups excluding carboxylic acids is 2. The van der Waals surface area contributed by atoms with Gasteiger partial charge in [0, 0.05) is 34.8 Å². The quantitative estimate of drug-likeness (QED) is 0.274. The Morgan fingerprint density at radius 3 is 2.08 bits per heavy atom. The molecule has 3 aromatic rings. The second-order valence-electron chi connectivity index (χ2n) is 8.72. The lowest BCUT2D eigenvalue weighted by atomic mass is 10.0. The van der Waals surface area contributed by atoms with Crippen LogP contribution in [0.1, 0.15) is 37.0 Å². The summed E-state index contributed by atoms with van der Waals surface area (Å²) in [5.74, 6) is 0.544. The summed E-state index contributed by atoms with van der Waals surface area (Å²) in [6, 6.07) is 24.2. The fourth-order valence-electron chi connectivity index (χ4n) is 3.75. The van der Waals surface area contributed by atoms with Crippen LogP contribution in [0.15, 0.2) is 78.9 Å². The van der Waals surface area contributed by atoms with E-state index in [0.717, 1.165) is 23.1 Å². The van der Waals surface area contributed by atoms with Crippen LogP contribution in [0.5, 0.6) is 0 Å². The van der Waals surface area contributed by atoms with E-state index in [1.54, 1.807) is 11.0 Å². The highest BCUT2D eigenvalue weighted by molar-refractivity contribution is 7.99. The highest BCUT2D eigenvalue weighted by Crippen LogP contribution is 2.24. The van der Waals surface area contributed by atoms with Crippen LogP contribution in [0.4, 0.5) is 0 Å². The van der Waals surface area contributed by atoms with E-state index in [-0.39, 0.29) is 30.2 Å². The van der Waals surface area contributed by atoms with Crippen molar-refractivity contribution in [1.82, 2.24) is 10.2 Å². The van der Waals surface area contributed by atoms with E-state index in [2.05, 4.69) is 5.32 Å². The minimum absolute atomic E-state index is 0.00244. The fourth-order valence-corrected chi connectivity index (χ4v) is 5.14. The molecule has 0 aliphatic rings. The fraction of sp³-hybridized carbons (Fsp3) is 0.310. The van der Waals surface area contributed by atoms with Gasteiger partial charge in [0.05, 0.1) is 5.75 Å². The molecule has 190 valence electrons. The average molecular weight is 544 g/mol. The van der Waals surface area contributed by atoms with Gasteiger partial charge in [-0.1, -0.05) is 96.9 Å². The number of carbonyl (C=O) groups is 2. The molecule has 0 fully saturated rings. The van der Waals surface area contributed by atoms with Crippen LogP contribution in [0, 0.1) is 0 Å². The van der Waals surface area contributed by atoms with Gasteiger partial charge in [-0.05, 0) is 42.2 Å². The lowest BCUT2D eigenvalue weighted by Gasteiger charge is -2.32. The zero-order valence-electron chi connectivity index (χ0n) is 20.6. The Balaban J connectivity index is 1.87. The van der Waals surface area contributed by atoms with Gasteiger partial charge >= 0.3 is 0 Å². The normalized spacial score (nSPS) is 12.6. The number of hydrogen-bond donors (Lipinski definition) is 1. The van der Waals surface area contributed by atoms with Gasteiger partial charge in [-0.2, -0.15) is 0 Å². The molecule has 0 heterocycles. The highest BCUT2D eigenvalue weighted by Gasteiger charge is 2.31. The first-order valence-corrected chi connectivity index (χ1v) is 14.0. The zero-order chi connectivity index (χ0) is 25.9. The third-order valence-electron chi connectivity index (χ3n) is 6.01. The summed E-state index contributed by atoms with van der Waals surface area (Å²) in [7, 11) is 0. The molecule has 4 nitrogen and oxygen atoms in total. The number of hydrogen-bond acceptors (Lipinski definition) is 3. The molecule has 0 bridgehead atoms. The molecule has 0 aliphatic heterocycles. The van der Waals surface area contributed by atoms with Gasteiger partial charge in [0.2, 0.25) is 11.8 Å². The standard InChI is InChI=1S/C29H32Cl2N2O2S/c1-3-21(2)32-29(35)27(17-22-11-5-4-6-12-22)33(18-23-13-7-9-15-25(23)30)28(34)20-36-19-24-14-8-10-16-26(24)31/h4-16,21,27H,3,17-20H2,1-2H3,(H,32,35)/t21-,27-/m1/s1. The lowest BCUT2D eigenvalue weighted by molar-refractivity contribution is -0.139. The molecule has 2 atom stereocenters. The van der Waals surface area contributed by atoms with Gasteiger partial charge in [0.25, 0.3) is 0 Å². The summed E-state index contributed by atoms with van der Waals surface area (Å²) in [6.45, 7) is 4.24. The summed E-state index contributed by atoms with van der Waals surface area (Å²) in [4.78, 5) is 28.9. The Kier molecular flexibility index (Phi) is 11.2. The van der Waals surface area contributed by atoms with Crippen LogP contribution < -0.4 is 5.32 Å². The van der Waals surface area contributed by atoms with E-state index < -0.39 is 6.04 Å². The third-order valence-corrected chi connectivity index (χ3v) is 7.72. The van der Waals surface area contributed by atoms with Crippen molar-refractivity contribution in [2.75, 3.05) is 5.75 Å². The molecule has 2 amide bonds. The van der Waals surface area contributed by atoms with Gasteiger partial charge in [0.15, 0.2) is 0 Å². The average Bonchev–Trinajstić information content (AvgIpc) is 2.88. The first-order valence-electron chi connectivity index (χ1n) is 12.1. The van der Waals surface area contributed by atoms with E-state index in [1.165, 1.54) is 11.8 Å². The molecule has 36 heavy (non-hydrogen) atoms. The molecule has 0 saturated carbocycles. The summed E-state index contributed by atoms with van der Waals surface area (Å²) < 4.78 is 0. The van der Waals surface area contributed by atoms with E-state index in [4.69, 9.17) is 23.2 Å². The minimum atomic E-state index is -0.675. The third kappa shape index (κ3) is 8.29. The number of nitrogens with one attached hydrogen (secondary N) is 1. The van der Waals surface area contributed by atoms with Gasteiger partial charge in [-0.25, -0.2) is 0 Å². The molecular weight excluding hydrogens is 511 g/mol. The monoisotopic (exact) mass is 542 g/mol. The van der Waals surface area contributed by atoms with Gasteiger partial charge < -0.3 is 10.2 Å². The zero-order valence-corrected chi connectivity index (χ0v) is 23.0. The molecule has 0 unspecified atom stereocenters. The van der Waals surface area contributed by atoms with Crippen LogP contribution in [0.3, 0.4) is 0 Å². The van der Waals surface area contributed by atoms with E-state index >= 15 is 0 Å². The number of benzene rings is 3. The van der Waals surface area contributed by atoms with E-state index in [0.29, 0.717) is 22.2 Å². The lowest BCUT2D eigenvalue weighted by Crippen LogP contribution is -2.52. The largest absolute Gasteiger partial charge is 0.352 e. The molecule has 0 saturated heterocycles. The number of halogens is 2. The van der Waals surface area contributed by atoms with Crippen molar-refractivity contribution in [2.24, 2.45) is 0 Å². The smallest absolute Gasteiger partial charge is 0.243 e. The topological polar surface area (TPSA) is 49.4 Å². The molecule has 0 spiro atoms. The molecule has 0 radical (unpaired) electrons. The molecule has 0 aromatic heterocycles. The van der Waals surface area contributed by atoms with Crippen molar-refractivity contribution in [3.8, 4) is 0 Å². The van der Waals surface area contributed by atoms with Crippen LogP contribution in [-0.2, 0) is 28.3 Å². The first-order chi connectivity index (χ1) is 17.4. The van der Waals surface area contributed by atoms with Crippen molar-refractivity contribution < 1.29 is 9.59 Å². The Labute approximate surface area is 228 Å². The second-order valence-corrected chi connectivity index (χ2v) is 10.5. The van der Waals surface area contributed by atoms with Gasteiger partial charge in [-0.3, -0.25) is 9.59 Å². The summed E-state index contributed by atoms with van der Waals surface area (Å²) in [5, 5.41) is 4.34. The van der Waals surface area contributed by atoms with Crippen molar-refractivity contribution in [3.05, 3.63) is 106 Å². The van der Waals surface area contributed by atoms with Crippen LogP contribution in [0.25, 0.3) is 0 Å². The van der Waals surface area contributed by atoms with Crippen molar-refractivity contribution in [2.45, 2.75) is 51.1 Å². The predicted octanol–water partition coefficient (Wildman–Crippen LogP) is 6.78. The summed E-state index contributed by atoms with van der Waals surface area (Å²) in [6.07, 6.45) is 1.21. The SMILES string of the molecule is CC[C@@H](C)NC(=O)[C@@H](Cc1ccccc1)N(Cc1ccccc1Cl)C(=O)CSCc1ccccc1Cl. The number of amides is 2. The summed E-state index contributed by atoms with van der Waals surface area (Å²) >= 11 is 14.2. The molecular formula is C29H32Cl2N2O2S. The van der Waals surface area contributed by atoms with E-state index in [1.807, 2.05) is 86.6 Å². The van der Waals surface area contributed by atoms with Crippen molar-refractivity contribution in [1.29, 1.82) is 0 Å². The van der Waals surface area contributed by atoms with Crippen LogP contribution in [-0.4, -0.2) is 34.6 Å². The maximum Gasteiger partial charge on any atom is 0.243 e. The van der Waals surface area contributed by atoms with E-state index in [9.17, 15) is 9.59 Å². The van der Waals surface area contributed by atoms with Crippen LogP contribution in [0.2, 0.25) is 10.0 Å². The maximum atomic E-state index is 13.7. The highest BCUT2D eigenvalue weighted by atomic mass is 35.5. The first kappa shape index (κ1) is 28.1. The molecule has 3 aromatic carbocycles. The minimum Gasteiger partial charge on any atom is -0.352 e. The molecule has 1 N–H and O–H groups in total. The predicted molar refractivity (Wildman–Crippen MR) is 151 cm³/mol. The summed E-state index contributed by atoms with van der Waals surface area (Å²) in [5.41, 5.74) is 2.77. The van der Waals surface area contributed by atoms with Crippen molar-refractivity contribution in [3.63, 3.8) is 0 Å². The number of thioether (sulfide) groups is 1. The van der Waals surface area contributed by atoms with Crippen molar-refractivity contribution >= 4 is 46.8 Å². The second kappa shape index (κ2) is 14.3. The molecule has 0 aliphatic carbocycles. The molecule has 3 rings (SSSR count). The molecule has 7 heteroatoms. The Bertz CT molecular complexity index is 1140.